The summed E-state index contributed by atoms with van der Waals surface area (Å²) in [6.45, 7) is 3.41. The summed E-state index contributed by atoms with van der Waals surface area (Å²) < 4.78 is 0. The SMILES string of the molecule is N#CN1CCN(c2ccc(Cl)cc2)CC1. The summed E-state index contributed by atoms with van der Waals surface area (Å²) in [4.78, 5) is 4.05. The van der Waals surface area contributed by atoms with E-state index in [4.69, 9.17) is 16.9 Å². The molecule has 0 amide bonds. The normalized spacial score (nSPS) is 16.3. The van der Waals surface area contributed by atoms with Crippen molar-refractivity contribution in [3.05, 3.63) is 29.3 Å². The third kappa shape index (κ3) is 2.34. The number of piperazine rings is 1. The van der Waals surface area contributed by atoms with Crippen molar-refractivity contribution in [2.24, 2.45) is 0 Å². The van der Waals surface area contributed by atoms with Crippen molar-refractivity contribution in [1.82, 2.24) is 4.90 Å². The largest absolute Gasteiger partial charge is 0.368 e. The van der Waals surface area contributed by atoms with Crippen molar-refractivity contribution in [3.63, 3.8) is 0 Å². The molecule has 1 aromatic carbocycles. The van der Waals surface area contributed by atoms with Gasteiger partial charge in [-0.2, -0.15) is 5.26 Å². The van der Waals surface area contributed by atoms with Crippen LogP contribution in [0.3, 0.4) is 0 Å². The first kappa shape index (κ1) is 10.1. The van der Waals surface area contributed by atoms with Crippen molar-refractivity contribution in [1.29, 1.82) is 5.26 Å². The second-order valence-electron chi connectivity index (χ2n) is 3.55. The first-order valence-electron chi connectivity index (χ1n) is 4.95. The molecule has 1 saturated heterocycles. The van der Waals surface area contributed by atoms with E-state index in [0.29, 0.717) is 0 Å². The maximum absolute atomic E-state index is 8.72. The van der Waals surface area contributed by atoms with E-state index in [1.165, 1.54) is 5.69 Å². The zero-order valence-electron chi connectivity index (χ0n) is 8.36. The Balaban J connectivity index is 2.02. The van der Waals surface area contributed by atoms with Crippen LogP contribution in [0, 0.1) is 11.5 Å². The molecule has 2 rings (SSSR count). The molecule has 78 valence electrons. The number of benzene rings is 1. The third-order valence-electron chi connectivity index (χ3n) is 2.61. The van der Waals surface area contributed by atoms with Gasteiger partial charge in [0.2, 0.25) is 0 Å². The van der Waals surface area contributed by atoms with E-state index in [1.54, 1.807) is 4.90 Å². The second-order valence-corrected chi connectivity index (χ2v) is 3.99. The highest BCUT2D eigenvalue weighted by Gasteiger charge is 2.15. The first-order valence-corrected chi connectivity index (χ1v) is 5.32. The molecule has 0 saturated carbocycles. The monoisotopic (exact) mass is 221 g/mol. The van der Waals surface area contributed by atoms with Crippen LogP contribution < -0.4 is 4.90 Å². The smallest absolute Gasteiger partial charge is 0.179 e. The Bertz CT molecular complexity index is 360. The molecule has 0 unspecified atom stereocenters. The van der Waals surface area contributed by atoms with E-state index in [2.05, 4.69) is 11.1 Å². The molecule has 0 radical (unpaired) electrons. The summed E-state index contributed by atoms with van der Waals surface area (Å²) in [5, 5.41) is 9.48. The molecule has 1 aliphatic rings. The molecule has 0 aromatic heterocycles. The molecule has 1 aromatic rings. The molecule has 1 fully saturated rings. The fraction of sp³-hybridized carbons (Fsp3) is 0.364. The van der Waals surface area contributed by atoms with Crippen molar-refractivity contribution >= 4 is 17.3 Å². The fourth-order valence-electron chi connectivity index (χ4n) is 1.72. The predicted molar refractivity (Wildman–Crippen MR) is 60.9 cm³/mol. The minimum absolute atomic E-state index is 0.759. The van der Waals surface area contributed by atoms with Gasteiger partial charge in [0.1, 0.15) is 0 Å². The molecule has 15 heavy (non-hydrogen) atoms. The van der Waals surface area contributed by atoms with Gasteiger partial charge in [0, 0.05) is 36.9 Å². The summed E-state index contributed by atoms with van der Waals surface area (Å²) in [5.74, 6) is 0. The summed E-state index contributed by atoms with van der Waals surface area (Å²) in [7, 11) is 0. The molecule has 0 aliphatic carbocycles. The van der Waals surface area contributed by atoms with E-state index in [1.807, 2.05) is 24.3 Å². The molecule has 1 heterocycles. The van der Waals surface area contributed by atoms with Gasteiger partial charge < -0.3 is 9.80 Å². The van der Waals surface area contributed by atoms with Gasteiger partial charge in [-0.3, -0.25) is 0 Å². The van der Waals surface area contributed by atoms with Crippen molar-refractivity contribution in [2.45, 2.75) is 0 Å². The highest BCUT2D eigenvalue weighted by atomic mass is 35.5. The van der Waals surface area contributed by atoms with Crippen LogP contribution in [-0.4, -0.2) is 31.1 Å². The highest BCUT2D eigenvalue weighted by Crippen LogP contribution is 2.19. The third-order valence-corrected chi connectivity index (χ3v) is 2.86. The summed E-state index contributed by atoms with van der Waals surface area (Å²) in [6.07, 6.45) is 2.17. The summed E-state index contributed by atoms with van der Waals surface area (Å²) in [6, 6.07) is 7.83. The summed E-state index contributed by atoms with van der Waals surface area (Å²) in [5.41, 5.74) is 1.18. The van der Waals surface area contributed by atoms with Crippen LogP contribution in [0.5, 0.6) is 0 Å². The molecular formula is C11H12ClN3. The molecule has 1 aliphatic heterocycles. The first-order chi connectivity index (χ1) is 7.29. The van der Waals surface area contributed by atoms with Gasteiger partial charge >= 0.3 is 0 Å². The van der Waals surface area contributed by atoms with Crippen LogP contribution >= 0.6 is 11.6 Å². The molecular weight excluding hydrogens is 210 g/mol. The quantitative estimate of drug-likeness (QED) is 0.679. The van der Waals surface area contributed by atoms with Gasteiger partial charge in [0.05, 0.1) is 0 Å². The van der Waals surface area contributed by atoms with Crippen LogP contribution in [0.15, 0.2) is 24.3 Å². The zero-order valence-corrected chi connectivity index (χ0v) is 9.11. The predicted octanol–water partition coefficient (Wildman–Crippen LogP) is 1.94. The van der Waals surface area contributed by atoms with Gasteiger partial charge in [-0.05, 0) is 24.3 Å². The Morgan fingerprint density at radius 2 is 1.67 bits per heavy atom. The van der Waals surface area contributed by atoms with E-state index in [9.17, 15) is 0 Å². The second kappa shape index (κ2) is 4.41. The Morgan fingerprint density at radius 1 is 1.07 bits per heavy atom. The number of anilines is 1. The van der Waals surface area contributed by atoms with Crippen LogP contribution in [0.4, 0.5) is 5.69 Å². The Hall–Kier alpha value is -1.40. The standard InChI is InChI=1S/C11H12ClN3/c12-10-1-3-11(4-2-10)15-7-5-14(9-13)6-8-15/h1-4H,5-8H2. The maximum Gasteiger partial charge on any atom is 0.179 e. The van der Waals surface area contributed by atoms with Crippen molar-refractivity contribution in [3.8, 4) is 6.19 Å². The van der Waals surface area contributed by atoms with Crippen molar-refractivity contribution in [2.75, 3.05) is 31.1 Å². The van der Waals surface area contributed by atoms with Crippen LogP contribution in [0.2, 0.25) is 5.02 Å². The number of halogens is 1. The lowest BCUT2D eigenvalue weighted by atomic mass is 10.2. The Morgan fingerprint density at radius 3 is 2.20 bits per heavy atom. The van der Waals surface area contributed by atoms with Crippen LogP contribution in [0.1, 0.15) is 0 Å². The highest BCUT2D eigenvalue weighted by molar-refractivity contribution is 6.30. The molecule has 3 nitrogen and oxygen atoms in total. The van der Waals surface area contributed by atoms with Gasteiger partial charge in [-0.1, -0.05) is 11.6 Å². The van der Waals surface area contributed by atoms with E-state index in [0.717, 1.165) is 31.2 Å². The number of rotatable bonds is 1. The molecule has 0 atom stereocenters. The Kier molecular flexibility index (Phi) is 2.98. The maximum atomic E-state index is 8.72. The number of hydrogen-bond donors (Lipinski definition) is 0. The summed E-state index contributed by atoms with van der Waals surface area (Å²) >= 11 is 5.83. The van der Waals surface area contributed by atoms with Crippen molar-refractivity contribution < 1.29 is 0 Å². The lowest BCUT2D eigenvalue weighted by Crippen LogP contribution is -2.44. The minimum Gasteiger partial charge on any atom is -0.368 e. The van der Waals surface area contributed by atoms with Gasteiger partial charge in [0.25, 0.3) is 0 Å². The molecule has 0 bridgehead atoms. The number of nitriles is 1. The van der Waals surface area contributed by atoms with Crippen LogP contribution in [-0.2, 0) is 0 Å². The van der Waals surface area contributed by atoms with E-state index in [-0.39, 0.29) is 0 Å². The average molecular weight is 222 g/mol. The fourth-order valence-corrected chi connectivity index (χ4v) is 1.84. The van der Waals surface area contributed by atoms with Gasteiger partial charge in [0.15, 0.2) is 6.19 Å². The van der Waals surface area contributed by atoms with Gasteiger partial charge in [-0.15, -0.1) is 0 Å². The zero-order chi connectivity index (χ0) is 10.7. The Labute approximate surface area is 94.5 Å². The average Bonchev–Trinajstić information content (AvgIpc) is 2.30. The van der Waals surface area contributed by atoms with E-state index < -0.39 is 0 Å². The molecule has 0 N–H and O–H groups in total. The van der Waals surface area contributed by atoms with Crippen LogP contribution in [0.25, 0.3) is 0 Å². The molecule has 4 heteroatoms. The lowest BCUT2D eigenvalue weighted by molar-refractivity contribution is 0.363. The minimum atomic E-state index is 0.759. The number of nitrogens with zero attached hydrogens (tertiary/aromatic N) is 3. The van der Waals surface area contributed by atoms with Gasteiger partial charge in [-0.25, -0.2) is 0 Å². The molecule has 0 spiro atoms. The van der Waals surface area contributed by atoms with E-state index >= 15 is 0 Å². The number of hydrogen-bond acceptors (Lipinski definition) is 3. The topological polar surface area (TPSA) is 30.3 Å². The lowest BCUT2D eigenvalue weighted by Gasteiger charge is -2.33.